The van der Waals surface area contributed by atoms with E-state index in [2.05, 4.69) is 15.2 Å². The Kier molecular flexibility index (Phi) is 12.3. The van der Waals surface area contributed by atoms with Crippen LogP contribution in [-0.4, -0.2) is 102 Å². The highest BCUT2D eigenvalue weighted by molar-refractivity contribution is 6.27. The molecule has 1 aromatic heterocycles. The standard InChI is InChI=1S/C46H60ClN5O5/c1-57-45(56)39-25-37-36-10-6-7-11-38(36)49-42(37)43(52(39)41(54)30-47)34-12-14-35(15-13-34)44(55)51-20-18-50(19-21-51)17-9-5-3-2-4-8-16-48-40(53)29-46-26-31-22-32(27-46)24-33(23-31)28-46/h6-7,10-15,31-33,39,43,49H,2-5,8-9,16-30H2,1H3,(H,48,53)/t31?,32?,33?,39-,43+,46?/m1/s1. The number of para-hydroxylation sites is 1. The van der Waals surface area contributed by atoms with Gasteiger partial charge >= 0.3 is 5.97 Å². The van der Waals surface area contributed by atoms with Crippen LogP contribution in [0.4, 0.5) is 0 Å². The van der Waals surface area contributed by atoms with Crippen molar-refractivity contribution in [3.05, 3.63) is 70.9 Å². The molecule has 0 unspecified atom stereocenters. The molecule has 10 nitrogen and oxygen atoms in total. The number of esters is 1. The van der Waals surface area contributed by atoms with Gasteiger partial charge < -0.3 is 24.8 Å². The van der Waals surface area contributed by atoms with Gasteiger partial charge in [-0.15, -0.1) is 11.6 Å². The summed E-state index contributed by atoms with van der Waals surface area (Å²) >= 11 is 6.11. The van der Waals surface area contributed by atoms with E-state index < -0.39 is 18.1 Å². The molecule has 11 heteroatoms. The number of fused-ring (bicyclic) bond motifs is 3. The van der Waals surface area contributed by atoms with Crippen LogP contribution < -0.4 is 5.32 Å². The van der Waals surface area contributed by atoms with Gasteiger partial charge in [0.2, 0.25) is 11.8 Å². The third-order valence-corrected chi connectivity index (χ3v) is 14.3. The van der Waals surface area contributed by atoms with Gasteiger partial charge in [0.25, 0.3) is 5.91 Å². The monoisotopic (exact) mass is 797 g/mol. The van der Waals surface area contributed by atoms with E-state index in [1.165, 1.54) is 76.2 Å². The van der Waals surface area contributed by atoms with Crippen LogP contribution in [0.3, 0.4) is 0 Å². The zero-order valence-corrected chi connectivity index (χ0v) is 34.4. The van der Waals surface area contributed by atoms with Crippen LogP contribution in [-0.2, 0) is 25.5 Å². The Bertz CT molecular complexity index is 1880. The number of methoxy groups -OCH3 is 1. The largest absolute Gasteiger partial charge is 0.467 e. The molecule has 2 N–H and O–H groups in total. The van der Waals surface area contributed by atoms with Crippen molar-refractivity contribution in [2.24, 2.45) is 23.2 Å². The van der Waals surface area contributed by atoms with Gasteiger partial charge in [-0.25, -0.2) is 4.79 Å². The van der Waals surface area contributed by atoms with Gasteiger partial charge in [0.05, 0.1) is 13.2 Å². The van der Waals surface area contributed by atoms with E-state index in [1.807, 2.05) is 53.4 Å². The Morgan fingerprint density at radius 3 is 2.16 bits per heavy atom. The fourth-order valence-electron chi connectivity index (χ4n) is 11.8. The summed E-state index contributed by atoms with van der Waals surface area (Å²) < 4.78 is 5.16. The van der Waals surface area contributed by atoms with Crippen molar-refractivity contribution in [2.75, 3.05) is 52.3 Å². The lowest BCUT2D eigenvalue weighted by Gasteiger charge is -2.56. The van der Waals surface area contributed by atoms with Gasteiger partial charge in [-0.1, -0.05) is 56.0 Å². The number of aromatic nitrogens is 1. The smallest absolute Gasteiger partial charge is 0.328 e. The average Bonchev–Trinajstić information content (AvgIpc) is 3.59. The highest BCUT2D eigenvalue weighted by atomic mass is 35.5. The fraction of sp³-hybridized carbons (Fsp3) is 0.609. The molecule has 9 rings (SSSR count). The summed E-state index contributed by atoms with van der Waals surface area (Å²) in [6, 6.07) is 13.9. The number of hydrogen-bond acceptors (Lipinski definition) is 6. The van der Waals surface area contributed by atoms with Crippen LogP contribution in [0.2, 0.25) is 0 Å². The first kappa shape index (κ1) is 39.9. The van der Waals surface area contributed by atoms with E-state index in [9.17, 15) is 19.2 Å². The summed E-state index contributed by atoms with van der Waals surface area (Å²) in [6.07, 6.45) is 16.3. The number of aromatic amines is 1. The van der Waals surface area contributed by atoms with Gasteiger partial charge in [-0.2, -0.15) is 0 Å². The molecule has 4 saturated carbocycles. The third-order valence-electron chi connectivity index (χ3n) is 14.1. The molecular weight excluding hydrogens is 738 g/mol. The molecule has 4 bridgehead atoms. The highest BCUT2D eigenvalue weighted by Crippen LogP contribution is 2.61. The lowest BCUT2D eigenvalue weighted by atomic mass is 9.49. The van der Waals surface area contributed by atoms with E-state index >= 15 is 0 Å². The number of rotatable bonds is 15. The minimum absolute atomic E-state index is 0.00112. The number of nitrogens with one attached hydrogen (secondary N) is 2. The second-order valence-corrected chi connectivity index (χ2v) is 18.2. The predicted octanol–water partition coefficient (Wildman–Crippen LogP) is 7.24. The van der Waals surface area contributed by atoms with E-state index in [4.69, 9.17) is 16.3 Å². The number of carbonyl (C=O) groups is 4. The number of H-pyrrole nitrogens is 1. The number of piperazine rings is 1. The van der Waals surface area contributed by atoms with Crippen LogP contribution in [0.5, 0.6) is 0 Å². The molecule has 2 aliphatic heterocycles. The molecule has 5 fully saturated rings. The molecule has 3 aromatic rings. The molecule has 3 amide bonds. The molecule has 2 aromatic carbocycles. The Hall–Kier alpha value is -3.89. The minimum atomic E-state index is -0.832. The molecule has 0 spiro atoms. The molecule has 4 aliphatic carbocycles. The average molecular weight is 798 g/mol. The summed E-state index contributed by atoms with van der Waals surface area (Å²) in [5.41, 5.74) is 4.45. The van der Waals surface area contributed by atoms with Crippen molar-refractivity contribution >= 4 is 46.2 Å². The molecule has 1 saturated heterocycles. The van der Waals surface area contributed by atoms with E-state index in [1.54, 1.807) is 0 Å². The van der Waals surface area contributed by atoms with Gasteiger partial charge in [0.15, 0.2) is 0 Å². The van der Waals surface area contributed by atoms with Crippen LogP contribution in [0.15, 0.2) is 48.5 Å². The van der Waals surface area contributed by atoms with Crippen LogP contribution in [0.1, 0.15) is 117 Å². The van der Waals surface area contributed by atoms with Crippen molar-refractivity contribution in [3.8, 4) is 0 Å². The molecule has 2 atom stereocenters. The SMILES string of the molecule is COC(=O)[C@H]1Cc2c([nH]c3ccccc23)[C@H](c2ccc(C(=O)N3CCN(CCCCCCCCNC(=O)CC45CC6CC(CC(C6)C4)C5)CC3)cc2)N1C(=O)CCl. The summed E-state index contributed by atoms with van der Waals surface area (Å²) in [6.45, 7) is 4.98. The van der Waals surface area contributed by atoms with Gasteiger partial charge in [0.1, 0.15) is 11.9 Å². The van der Waals surface area contributed by atoms with Gasteiger partial charge in [-0.05, 0) is 110 Å². The number of nitrogens with zero attached hydrogens (tertiary/aromatic N) is 3. The lowest BCUT2D eigenvalue weighted by Crippen LogP contribution is -2.52. The number of benzene rings is 2. The summed E-state index contributed by atoms with van der Waals surface area (Å²) in [4.78, 5) is 62.3. The lowest BCUT2D eigenvalue weighted by molar-refractivity contribution is -0.154. The number of amides is 3. The second-order valence-electron chi connectivity index (χ2n) is 18.0. The van der Waals surface area contributed by atoms with E-state index in [0.717, 1.165) is 90.9 Å². The second kappa shape index (κ2) is 17.5. The van der Waals surface area contributed by atoms with Gasteiger partial charge in [0, 0.05) is 67.7 Å². The zero-order valence-electron chi connectivity index (χ0n) is 33.6. The highest BCUT2D eigenvalue weighted by Gasteiger charge is 2.51. The number of unbranched alkanes of at least 4 members (excludes halogenated alkanes) is 5. The molecular formula is C46H60ClN5O5. The number of halogens is 1. The number of ether oxygens (including phenoxy) is 1. The molecule has 306 valence electrons. The first-order valence-corrected chi connectivity index (χ1v) is 22.2. The molecule has 3 heterocycles. The first-order valence-electron chi connectivity index (χ1n) is 21.7. The summed E-state index contributed by atoms with van der Waals surface area (Å²) in [5, 5.41) is 4.26. The van der Waals surface area contributed by atoms with Crippen LogP contribution in [0, 0.1) is 23.2 Å². The van der Waals surface area contributed by atoms with Gasteiger partial charge in [-0.3, -0.25) is 19.3 Å². The first-order chi connectivity index (χ1) is 27.7. The van der Waals surface area contributed by atoms with Crippen molar-refractivity contribution in [1.82, 2.24) is 25.0 Å². The van der Waals surface area contributed by atoms with Crippen molar-refractivity contribution in [2.45, 2.75) is 102 Å². The Balaban J connectivity index is 0.761. The summed E-state index contributed by atoms with van der Waals surface area (Å²) in [7, 11) is 1.33. The third kappa shape index (κ3) is 8.63. The maximum absolute atomic E-state index is 13.6. The molecule has 57 heavy (non-hydrogen) atoms. The van der Waals surface area contributed by atoms with Crippen LogP contribution >= 0.6 is 11.6 Å². The molecule has 6 aliphatic rings. The minimum Gasteiger partial charge on any atom is -0.467 e. The number of carbonyl (C=O) groups excluding carboxylic acids is 4. The fourth-order valence-corrected chi connectivity index (χ4v) is 11.9. The summed E-state index contributed by atoms with van der Waals surface area (Å²) in [5.74, 6) is 1.86. The quantitative estimate of drug-likeness (QED) is 0.0953. The maximum Gasteiger partial charge on any atom is 0.328 e. The zero-order chi connectivity index (χ0) is 39.5. The van der Waals surface area contributed by atoms with Crippen LogP contribution in [0.25, 0.3) is 10.9 Å². The Morgan fingerprint density at radius 2 is 1.49 bits per heavy atom. The number of hydrogen-bond donors (Lipinski definition) is 2. The topological polar surface area (TPSA) is 115 Å². The van der Waals surface area contributed by atoms with Crippen molar-refractivity contribution in [3.63, 3.8) is 0 Å². The van der Waals surface area contributed by atoms with E-state index in [0.29, 0.717) is 36.4 Å². The predicted molar refractivity (Wildman–Crippen MR) is 222 cm³/mol. The maximum atomic E-state index is 13.6. The molecule has 0 radical (unpaired) electrons. The number of alkyl halides is 1. The normalized spacial score (nSPS) is 26.7. The van der Waals surface area contributed by atoms with E-state index in [-0.39, 0.29) is 17.7 Å². The van der Waals surface area contributed by atoms with Crippen molar-refractivity contribution < 1.29 is 23.9 Å². The Morgan fingerprint density at radius 1 is 0.842 bits per heavy atom. The Labute approximate surface area is 342 Å². The van der Waals surface area contributed by atoms with Crippen molar-refractivity contribution in [1.29, 1.82) is 0 Å².